The summed E-state index contributed by atoms with van der Waals surface area (Å²) in [5.74, 6) is 1.88. The Bertz CT molecular complexity index is 7210. The van der Waals surface area contributed by atoms with E-state index in [4.69, 9.17) is 55.8 Å². The molecule has 144 heavy (non-hydrogen) atoms. The molecule has 8 heterocycles. The highest BCUT2D eigenvalue weighted by Gasteiger charge is 2.25. The monoisotopic (exact) mass is 1950 g/mol. The molecule has 17 aromatic rings. The number of aliphatic hydroxyl groups is 2. The average Bonchev–Trinajstić information content (AvgIpc) is 1.66. The zero-order valence-electron chi connectivity index (χ0n) is 80.6. The molecular formula is C112H118N18O13S. The van der Waals surface area contributed by atoms with Crippen LogP contribution in [0.1, 0.15) is 111 Å². The molecule has 9 aromatic carbocycles. The van der Waals surface area contributed by atoms with Gasteiger partial charge < -0.3 is 42.7 Å². The van der Waals surface area contributed by atoms with E-state index in [1.807, 2.05) is 210 Å². The summed E-state index contributed by atoms with van der Waals surface area (Å²) < 4.78 is 16.8. The number of nitrogens with zero attached hydrogens (tertiary/aromatic N) is 13. The number of pyridine rings is 2. The molecule has 0 fully saturated rings. The molecule has 0 aliphatic heterocycles. The Hall–Kier alpha value is -16.0. The van der Waals surface area contributed by atoms with Crippen LogP contribution < -0.4 is 27.4 Å². The summed E-state index contributed by atoms with van der Waals surface area (Å²) >= 11 is 1.61. The number of benzene rings is 9. The van der Waals surface area contributed by atoms with E-state index >= 15 is 0 Å². The molecule has 740 valence electrons. The van der Waals surface area contributed by atoms with Crippen LogP contribution >= 0.6 is 11.3 Å². The van der Waals surface area contributed by atoms with E-state index in [1.165, 1.54) is 47.1 Å². The molecule has 0 unspecified atom stereocenters. The first-order valence-electron chi connectivity index (χ1n) is 47.2. The third-order valence-electron chi connectivity index (χ3n) is 23.2. The van der Waals surface area contributed by atoms with Crippen molar-refractivity contribution in [2.45, 2.75) is 118 Å². The highest BCUT2D eigenvalue weighted by atomic mass is 32.1. The minimum Gasteiger partial charge on any atom is -0.396 e. The van der Waals surface area contributed by atoms with E-state index < -0.39 is 29.5 Å². The molecule has 0 aliphatic carbocycles. The lowest BCUT2D eigenvalue weighted by molar-refractivity contribution is -0.124. The molecule has 17 rings (SSSR count). The van der Waals surface area contributed by atoms with Crippen molar-refractivity contribution in [1.82, 2.24) is 90.0 Å². The minimum atomic E-state index is -0.594. The second-order valence-electron chi connectivity index (χ2n) is 34.9. The predicted octanol–water partition coefficient (Wildman–Crippen LogP) is 17.0. The lowest BCUT2D eigenvalue weighted by Gasteiger charge is -2.29. The molecule has 0 spiro atoms. The van der Waals surface area contributed by atoms with Gasteiger partial charge in [-0.3, -0.25) is 60.0 Å². The summed E-state index contributed by atoms with van der Waals surface area (Å²) in [6, 6.07) is 84.3. The van der Waals surface area contributed by atoms with E-state index in [9.17, 15) is 29.1 Å². The Kier molecular flexibility index (Phi) is 39.6. The Morgan fingerprint density at radius 3 is 1.10 bits per heavy atom. The lowest BCUT2D eigenvalue weighted by Crippen LogP contribution is -2.32. The van der Waals surface area contributed by atoms with Crippen LogP contribution in [0.25, 0.3) is 96.9 Å². The van der Waals surface area contributed by atoms with Crippen LogP contribution in [0.5, 0.6) is 0 Å². The van der Waals surface area contributed by atoms with Gasteiger partial charge in [-0.1, -0.05) is 178 Å². The Morgan fingerprint density at radius 1 is 0.368 bits per heavy atom. The first kappa shape index (κ1) is 105. The number of hydrogen-bond acceptors (Lipinski definition) is 22. The predicted molar refractivity (Wildman–Crippen MR) is 560 cm³/mol. The summed E-state index contributed by atoms with van der Waals surface area (Å²) in [5.41, 5.74) is 29.5. The van der Waals surface area contributed by atoms with Crippen LogP contribution in [0.2, 0.25) is 0 Å². The maximum atomic E-state index is 11.3. The first-order valence-corrected chi connectivity index (χ1v) is 48.1. The fourth-order valence-electron chi connectivity index (χ4n) is 16.6. The number of carbonyl (C=O) groups excluding carboxylic acids is 5. The number of nitrogens with one attached hydrogen (secondary N) is 5. The zero-order chi connectivity index (χ0) is 101. The highest BCUT2D eigenvalue weighted by Crippen LogP contribution is 2.32. The highest BCUT2D eigenvalue weighted by molar-refractivity contribution is 7.08. The second-order valence-corrected chi connectivity index (χ2v) is 35.6. The summed E-state index contributed by atoms with van der Waals surface area (Å²) in [6.45, 7) is 10.2. The van der Waals surface area contributed by atoms with Gasteiger partial charge in [-0.25, -0.2) is 52.3 Å². The Morgan fingerprint density at radius 2 is 0.715 bits per heavy atom. The van der Waals surface area contributed by atoms with Gasteiger partial charge in [0.25, 0.3) is 29.5 Å². The quantitative estimate of drug-likeness (QED) is 0.00967. The third kappa shape index (κ3) is 31.3. The average molecular weight is 1960 g/mol. The number of fused-ring (bicyclic) bond motifs is 5. The number of carbonyl (C=O) groups is 5. The number of amides is 5. The van der Waals surface area contributed by atoms with Crippen LogP contribution in [-0.2, 0) is 120 Å². The normalized spacial score (nSPS) is 11.5. The fourth-order valence-corrected chi connectivity index (χ4v) is 17.3. The smallest absolute Gasteiger partial charge is 0.267 e. The number of aromatic nitrogens is 12. The molecule has 0 saturated carbocycles. The van der Waals surface area contributed by atoms with Crippen molar-refractivity contribution in [2.24, 2.45) is 5.41 Å². The topological polar surface area (TPSA) is 414 Å². The van der Waals surface area contributed by atoms with Crippen LogP contribution in [0.4, 0.5) is 0 Å². The molecule has 0 bridgehead atoms. The largest absolute Gasteiger partial charge is 0.396 e. The van der Waals surface area contributed by atoms with Gasteiger partial charge in [-0.2, -0.15) is 11.3 Å². The second kappa shape index (κ2) is 54.1. The first-order chi connectivity index (χ1) is 70.2. The van der Waals surface area contributed by atoms with Crippen molar-refractivity contribution in [1.29, 1.82) is 0 Å². The van der Waals surface area contributed by atoms with Gasteiger partial charge in [0.2, 0.25) is 0 Å². The van der Waals surface area contributed by atoms with Crippen molar-refractivity contribution >= 4 is 126 Å². The molecule has 8 aromatic heterocycles. The number of hydroxylamine groups is 5. The van der Waals surface area contributed by atoms with Crippen LogP contribution in [0.15, 0.2) is 308 Å². The summed E-state index contributed by atoms with van der Waals surface area (Å²) in [7, 11) is 4.20. The van der Waals surface area contributed by atoms with Gasteiger partial charge in [0.05, 0.1) is 74.0 Å². The molecule has 0 radical (unpaired) electrons. The minimum absolute atomic E-state index is 0.0798. The van der Waals surface area contributed by atoms with Crippen molar-refractivity contribution in [3.05, 3.63) is 393 Å². The molecule has 32 heteroatoms. The molecular weight excluding hydrogens is 1840 g/mol. The molecule has 0 aliphatic rings. The summed E-state index contributed by atoms with van der Waals surface area (Å²) in [6.07, 6.45) is 25.5. The summed E-state index contributed by atoms with van der Waals surface area (Å²) in [5, 5.41) is 65.5. The van der Waals surface area contributed by atoms with Gasteiger partial charge in [-0.05, 0) is 228 Å². The molecule has 0 saturated heterocycles. The van der Waals surface area contributed by atoms with E-state index in [0.29, 0.717) is 45.7 Å². The SMILES string of the molecule is CN(C)CC(C)(C)Cn1c(CCc2ccccc2)nc2cc(/C=C/C(=O)NO)ccc21.O=C(/C=C/c1ccc2c(c1)nc(-c1ccsc1)n2CCCO)NO.O=C(/C=C/c1ccc2c(c1)nc(CCc1ccccc1)n2CCc1ccccn1)NO.O=C(/C=C/c1ccc2c(c1)nc(CCc1ccccc1)n2Cc1ccccn1)NO.O=C(/C=C/c1ccc2c(c1)nc(COCc1ccccc1)n2CCCO)NO. The number of hydrogen-bond donors (Lipinski definition) is 12. The van der Waals surface area contributed by atoms with Crippen molar-refractivity contribution in [3.8, 4) is 11.4 Å². The van der Waals surface area contributed by atoms with Gasteiger partial charge in [0.1, 0.15) is 35.7 Å². The number of rotatable bonds is 39. The standard InChI is InChI=1S/C25H24N4O2.C25H32N4O2.C24H22N4O2.C21H23N3O4.C17H17N3O3S/c30-25(28-31)14-11-20-9-12-23-22(18-20)27-24(13-10-19-6-2-1-3-7-19)29(23)17-15-21-8-4-5-16-26-21;1-25(2,17-28(3)4)18-29-22-13-10-20(12-15-24(30)27-31)16-21(22)26-23(29)14-11-19-8-6-5-7-9-19;29-24(27-30)14-11-19-9-12-22-21(16-19)26-23(13-10-18-6-2-1-3-7-18)28(22)17-20-8-4-5-15-25-20;25-12-4-11-24-19-9-7-16(8-10-21(26)23-27)13-18(19)22-20(24)15-28-14-17-5-2-1-3-6-17;21-8-1-7-20-15-4-2-12(3-5-16(22)19-23)10-14(15)18-17(20)13-6-9-24-11-13/h1-9,11-12,14,16,18,31H,10,13,15,17H2,(H,28,30);5-10,12-13,15-16,31H,11,14,17-18H2,1-4H3,(H,27,30);1-9,11-12,14-16,30H,10,13,17H2,(H,27,29);1-3,5-10,13,25,27H,4,11-12,14-15H2,(H,23,26);2-6,9-11,21,23H,1,7-8H2,(H,19,22)/b14-11+;15-12+;14-11+;10-8+;5-3+. The lowest BCUT2D eigenvalue weighted by atomic mass is 9.92. The Balaban J connectivity index is 0.000000151. The van der Waals surface area contributed by atoms with Crippen molar-refractivity contribution in [2.75, 3.05) is 33.9 Å². The van der Waals surface area contributed by atoms with E-state index in [-0.39, 0.29) is 18.6 Å². The number of imidazole rings is 5. The van der Waals surface area contributed by atoms with Crippen LogP contribution in [0, 0.1) is 5.41 Å². The molecule has 5 amide bonds. The number of aryl methyl sites for hydroxylation is 10. The maximum absolute atomic E-state index is 11.3. The third-order valence-corrected chi connectivity index (χ3v) is 23.9. The number of aliphatic hydroxyl groups excluding tert-OH is 2. The van der Waals surface area contributed by atoms with Crippen molar-refractivity contribution in [3.63, 3.8) is 0 Å². The zero-order valence-corrected chi connectivity index (χ0v) is 81.4. The maximum Gasteiger partial charge on any atom is 0.267 e. The van der Waals surface area contributed by atoms with E-state index in [0.717, 1.165) is 199 Å². The molecule has 0 atom stereocenters. The number of thiophene rings is 1. The number of ether oxygens (including phenoxy) is 1. The van der Waals surface area contributed by atoms with Gasteiger partial charge >= 0.3 is 0 Å². The van der Waals surface area contributed by atoms with Crippen LogP contribution in [-0.4, -0.2) is 162 Å². The molecule has 12 N–H and O–H groups in total. The van der Waals surface area contributed by atoms with Gasteiger partial charge in [-0.15, -0.1) is 0 Å². The van der Waals surface area contributed by atoms with Gasteiger partial charge in [0.15, 0.2) is 0 Å². The van der Waals surface area contributed by atoms with E-state index in [2.05, 4.69) is 133 Å². The van der Waals surface area contributed by atoms with Crippen molar-refractivity contribution < 1.29 is 65.0 Å². The Labute approximate surface area is 837 Å². The summed E-state index contributed by atoms with van der Waals surface area (Å²) in [4.78, 5) is 91.4. The molecule has 31 nitrogen and oxygen atoms in total. The van der Waals surface area contributed by atoms with Gasteiger partial charge in [0, 0.05) is 131 Å². The van der Waals surface area contributed by atoms with Crippen LogP contribution in [0.3, 0.4) is 0 Å². The fraction of sp³-hybridized carbons (Fsp3) is 0.214. The van der Waals surface area contributed by atoms with E-state index in [1.54, 1.807) is 75.3 Å².